The summed E-state index contributed by atoms with van der Waals surface area (Å²) in [5.41, 5.74) is -0.866. The Labute approximate surface area is 268 Å². The maximum Gasteiger partial charge on any atom is 0.287 e. The van der Waals surface area contributed by atoms with Crippen LogP contribution in [0.25, 0.3) is 10.9 Å². The SMILES string of the molecule is CNC(=O)C(=O)CC[C@H](NC(=O)c1cc2c(F)c(F)ccc2[nH]1)C(=O)Nc1cccn(CC(=O)NC2C3CC4CC(C3)CC2C4)c1=O. The molecule has 0 unspecified atom stereocenters. The summed E-state index contributed by atoms with van der Waals surface area (Å²) < 4.78 is 29.1. The van der Waals surface area contributed by atoms with E-state index in [1.165, 1.54) is 42.4 Å². The first-order chi connectivity index (χ1) is 22.5. The fourth-order valence-electron chi connectivity index (χ4n) is 7.82. The molecule has 47 heavy (non-hydrogen) atoms. The molecule has 2 heterocycles. The Hall–Kier alpha value is -4.88. The number of nitrogens with zero attached hydrogens (tertiary/aromatic N) is 1. The summed E-state index contributed by atoms with van der Waals surface area (Å²) in [7, 11) is 1.27. The number of pyridine rings is 1. The number of benzene rings is 1. The zero-order valence-corrected chi connectivity index (χ0v) is 25.7. The fraction of sp³-hybridized carbons (Fsp3) is 0.455. The van der Waals surface area contributed by atoms with Gasteiger partial charge >= 0.3 is 0 Å². The lowest BCUT2D eigenvalue weighted by molar-refractivity contribution is -0.137. The number of nitrogens with one attached hydrogen (secondary N) is 5. The molecule has 0 radical (unpaired) electrons. The first kappa shape index (κ1) is 32.1. The highest BCUT2D eigenvalue weighted by Gasteiger charge is 2.48. The summed E-state index contributed by atoms with van der Waals surface area (Å²) in [6.45, 7) is -0.246. The number of hydrogen-bond donors (Lipinski definition) is 5. The molecule has 3 aromatic rings. The molecule has 5 N–H and O–H groups in total. The molecule has 4 aliphatic carbocycles. The van der Waals surface area contributed by atoms with Crippen molar-refractivity contribution in [2.45, 2.75) is 63.6 Å². The number of carbonyl (C=O) groups is 5. The smallest absolute Gasteiger partial charge is 0.287 e. The first-order valence-electron chi connectivity index (χ1n) is 15.8. The molecule has 248 valence electrons. The molecule has 4 saturated carbocycles. The van der Waals surface area contributed by atoms with Gasteiger partial charge in [-0.1, -0.05) is 0 Å². The second-order valence-corrected chi connectivity index (χ2v) is 12.9. The number of fused-ring (bicyclic) bond motifs is 1. The minimum Gasteiger partial charge on any atom is -0.353 e. The van der Waals surface area contributed by atoms with Crippen molar-refractivity contribution in [3.8, 4) is 0 Å². The van der Waals surface area contributed by atoms with Crippen LogP contribution in [-0.2, 0) is 25.7 Å². The van der Waals surface area contributed by atoms with Crippen LogP contribution in [0.5, 0.6) is 0 Å². The topological polar surface area (TPSA) is 171 Å². The minimum absolute atomic E-state index is 0.100. The van der Waals surface area contributed by atoms with Crippen LogP contribution in [0.15, 0.2) is 41.3 Å². The molecular weight excluding hydrogens is 614 g/mol. The Kier molecular flexibility index (Phi) is 8.93. The summed E-state index contributed by atoms with van der Waals surface area (Å²) in [4.78, 5) is 79.5. The van der Waals surface area contributed by atoms with Gasteiger partial charge in [-0.3, -0.25) is 28.8 Å². The van der Waals surface area contributed by atoms with E-state index in [4.69, 9.17) is 0 Å². The third kappa shape index (κ3) is 6.67. The van der Waals surface area contributed by atoms with E-state index < -0.39 is 53.2 Å². The standard InChI is InChI=1S/C33H36F2N6O6/c1-36-32(46)26(42)7-6-23(38-31(45)25-14-20-22(37-25)5-4-21(34)28(20)35)30(44)39-24-3-2-8-41(33(24)47)15-27(43)40-29-18-10-16-9-17(12-18)13-19(29)11-16/h2-5,8,14,16-19,23,29,37H,6-7,9-13,15H2,1H3,(H,36,46)(H,38,45)(H,39,44)(H,40,43)/t16?,17?,18?,19?,23-,29?/m0/s1. The van der Waals surface area contributed by atoms with E-state index in [9.17, 15) is 37.5 Å². The van der Waals surface area contributed by atoms with Gasteiger partial charge in [0.05, 0.1) is 0 Å². The van der Waals surface area contributed by atoms with Crippen LogP contribution < -0.4 is 26.8 Å². The van der Waals surface area contributed by atoms with Crippen molar-refractivity contribution < 1.29 is 32.8 Å². The number of carbonyl (C=O) groups excluding carboxylic acids is 5. The van der Waals surface area contributed by atoms with Gasteiger partial charge in [-0.25, -0.2) is 8.78 Å². The van der Waals surface area contributed by atoms with E-state index in [1.807, 2.05) is 0 Å². The number of aromatic nitrogens is 2. The van der Waals surface area contributed by atoms with E-state index in [0.29, 0.717) is 11.8 Å². The summed E-state index contributed by atoms with van der Waals surface area (Å²) >= 11 is 0. The average molecular weight is 651 g/mol. The molecule has 4 aliphatic rings. The number of amides is 4. The second kappa shape index (κ2) is 13.1. The molecule has 4 fully saturated rings. The molecule has 0 aliphatic heterocycles. The largest absolute Gasteiger partial charge is 0.353 e. The Morgan fingerprint density at radius 1 is 1.00 bits per heavy atom. The van der Waals surface area contributed by atoms with Crippen molar-refractivity contribution in [2.75, 3.05) is 12.4 Å². The first-order valence-corrected chi connectivity index (χ1v) is 15.8. The van der Waals surface area contributed by atoms with Crippen molar-refractivity contribution >= 4 is 46.0 Å². The molecule has 0 saturated heterocycles. The zero-order chi connectivity index (χ0) is 33.4. The van der Waals surface area contributed by atoms with E-state index in [2.05, 4.69) is 26.3 Å². The number of anilines is 1. The maximum atomic E-state index is 14.2. The number of rotatable bonds is 11. The van der Waals surface area contributed by atoms with Crippen LogP contribution in [0.3, 0.4) is 0 Å². The Bertz CT molecular complexity index is 1790. The summed E-state index contributed by atoms with van der Waals surface area (Å²) in [5.74, 6) is -3.60. The van der Waals surface area contributed by atoms with Gasteiger partial charge in [-0.2, -0.15) is 0 Å². The predicted octanol–water partition coefficient (Wildman–Crippen LogP) is 2.38. The van der Waals surface area contributed by atoms with Crippen LogP contribution in [-0.4, -0.2) is 58.1 Å². The van der Waals surface area contributed by atoms with Crippen LogP contribution in [0.2, 0.25) is 0 Å². The van der Waals surface area contributed by atoms with Crippen molar-refractivity contribution in [3.05, 3.63) is 64.2 Å². The van der Waals surface area contributed by atoms with Gasteiger partial charge < -0.3 is 30.8 Å². The van der Waals surface area contributed by atoms with Crippen LogP contribution in [0.1, 0.15) is 55.4 Å². The van der Waals surface area contributed by atoms with Gasteiger partial charge in [0, 0.05) is 36.6 Å². The van der Waals surface area contributed by atoms with E-state index in [1.54, 1.807) is 0 Å². The summed E-state index contributed by atoms with van der Waals surface area (Å²) in [6, 6.07) is 4.75. The zero-order valence-electron chi connectivity index (χ0n) is 25.7. The van der Waals surface area contributed by atoms with Crippen molar-refractivity contribution in [1.29, 1.82) is 0 Å². The molecule has 4 amide bonds. The number of Topliss-reactive ketones (excluding diaryl/α,β-unsaturated/α-hetero) is 1. The van der Waals surface area contributed by atoms with Gasteiger partial charge in [-0.05, 0) is 92.5 Å². The molecule has 14 heteroatoms. The maximum absolute atomic E-state index is 14.2. The summed E-state index contributed by atoms with van der Waals surface area (Å²) in [5, 5.41) is 10.1. The predicted molar refractivity (Wildman–Crippen MR) is 166 cm³/mol. The van der Waals surface area contributed by atoms with E-state index in [0.717, 1.165) is 49.7 Å². The monoisotopic (exact) mass is 650 g/mol. The molecule has 0 spiro atoms. The number of likely N-dealkylation sites (N-methyl/N-ethyl adjacent to an activating group) is 1. The lowest BCUT2D eigenvalue weighted by atomic mass is 9.54. The van der Waals surface area contributed by atoms with Crippen LogP contribution in [0.4, 0.5) is 14.5 Å². The molecule has 12 nitrogen and oxygen atoms in total. The average Bonchev–Trinajstić information content (AvgIpc) is 3.49. The van der Waals surface area contributed by atoms with Gasteiger partial charge in [0.25, 0.3) is 17.4 Å². The molecule has 2 aromatic heterocycles. The normalized spacial score (nSPS) is 23.3. The number of aromatic amines is 1. The lowest BCUT2D eigenvalue weighted by Gasteiger charge is -2.54. The van der Waals surface area contributed by atoms with Gasteiger partial charge in [0.15, 0.2) is 11.6 Å². The van der Waals surface area contributed by atoms with E-state index >= 15 is 0 Å². The van der Waals surface area contributed by atoms with Crippen molar-refractivity contribution in [1.82, 2.24) is 25.5 Å². The highest BCUT2D eigenvalue weighted by molar-refractivity contribution is 6.36. The van der Waals surface area contributed by atoms with Gasteiger partial charge in [0.1, 0.15) is 24.0 Å². The number of H-pyrrole nitrogens is 1. The minimum atomic E-state index is -1.42. The quantitative estimate of drug-likeness (QED) is 0.200. The Morgan fingerprint density at radius 2 is 1.70 bits per heavy atom. The highest BCUT2D eigenvalue weighted by atomic mass is 19.2. The van der Waals surface area contributed by atoms with Crippen molar-refractivity contribution in [2.24, 2.45) is 23.7 Å². The van der Waals surface area contributed by atoms with Crippen LogP contribution in [0, 0.1) is 35.3 Å². The molecule has 1 aromatic carbocycles. The fourth-order valence-corrected chi connectivity index (χ4v) is 7.82. The summed E-state index contributed by atoms with van der Waals surface area (Å²) in [6.07, 6.45) is 6.50. The van der Waals surface area contributed by atoms with Gasteiger partial charge in [0.2, 0.25) is 17.6 Å². The lowest BCUT2D eigenvalue weighted by Crippen LogP contribution is -2.56. The Balaban J connectivity index is 1.14. The Morgan fingerprint density at radius 3 is 2.38 bits per heavy atom. The molecule has 1 atom stereocenters. The number of hydrogen-bond acceptors (Lipinski definition) is 6. The molecule has 4 bridgehead atoms. The van der Waals surface area contributed by atoms with Crippen LogP contribution >= 0.6 is 0 Å². The highest BCUT2D eigenvalue weighted by Crippen LogP contribution is 2.53. The number of halogens is 2. The second-order valence-electron chi connectivity index (χ2n) is 12.9. The van der Waals surface area contributed by atoms with Gasteiger partial charge in [-0.15, -0.1) is 0 Å². The van der Waals surface area contributed by atoms with Crippen molar-refractivity contribution in [3.63, 3.8) is 0 Å². The third-order valence-electron chi connectivity index (χ3n) is 9.84. The molecular formula is C33H36F2N6O6. The molecule has 7 rings (SSSR count). The number of ketones is 1. The van der Waals surface area contributed by atoms with E-state index in [-0.39, 0.29) is 47.2 Å². The third-order valence-corrected chi connectivity index (χ3v) is 9.84.